The van der Waals surface area contributed by atoms with Crippen molar-refractivity contribution in [2.45, 2.75) is 6.92 Å². The van der Waals surface area contributed by atoms with Crippen LogP contribution >= 0.6 is 15.9 Å². The van der Waals surface area contributed by atoms with Crippen molar-refractivity contribution >= 4 is 32.7 Å². The van der Waals surface area contributed by atoms with Gasteiger partial charge in [-0.2, -0.15) is 0 Å². The molecule has 6 heteroatoms. The Bertz CT molecular complexity index is 918. The van der Waals surface area contributed by atoms with E-state index in [4.69, 9.17) is 0 Å². The second kappa shape index (κ2) is 5.28. The van der Waals surface area contributed by atoms with Crippen molar-refractivity contribution in [3.8, 4) is 0 Å². The van der Waals surface area contributed by atoms with Gasteiger partial charge in [0.15, 0.2) is 0 Å². The van der Waals surface area contributed by atoms with Crippen LogP contribution in [0.25, 0.3) is 11.0 Å². The summed E-state index contributed by atoms with van der Waals surface area (Å²) in [6.07, 6.45) is 3.14. The second-order valence-electron chi connectivity index (χ2n) is 5.06. The predicted octanol–water partition coefficient (Wildman–Crippen LogP) is 4.15. The highest BCUT2D eigenvalue weighted by molar-refractivity contribution is 9.10. The normalized spacial score (nSPS) is 11.1. The summed E-state index contributed by atoms with van der Waals surface area (Å²) in [5, 5.41) is 0.544. The molecule has 0 unspecified atom stereocenters. The first kappa shape index (κ1) is 14.8. The summed E-state index contributed by atoms with van der Waals surface area (Å²) in [6.45, 7) is 1.49. The van der Waals surface area contributed by atoms with Gasteiger partial charge in [0.2, 0.25) is 5.78 Å². The zero-order valence-corrected chi connectivity index (χ0v) is 13.4. The number of carbonyl (C=O) groups excluding carboxylic acids is 1. The number of rotatable bonds is 2. The number of aryl methyl sites for hydroxylation is 2. The predicted molar refractivity (Wildman–Crippen MR) is 82.9 cm³/mol. The van der Waals surface area contributed by atoms with Gasteiger partial charge in [0.25, 0.3) is 0 Å². The van der Waals surface area contributed by atoms with Crippen molar-refractivity contribution in [3.05, 3.63) is 63.4 Å². The van der Waals surface area contributed by atoms with E-state index in [1.165, 1.54) is 19.2 Å². The molecule has 0 saturated carbocycles. The number of pyridine rings is 1. The summed E-state index contributed by atoms with van der Waals surface area (Å²) in [7, 11) is 1.73. The Kier molecular flexibility index (Phi) is 3.56. The van der Waals surface area contributed by atoms with Crippen molar-refractivity contribution < 1.29 is 13.6 Å². The lowest BCUT2D eigenvalue weighted by atomic mass is 10.0. The van der Waals surface area contributed by atoms with Gasteiger partial charge in [-0.15, -0.1) is 0 Å². The quantitative estimate of drug-likeness (QED) is 0.640. The average molecular weight is 365 g/mol. The maximum absolute atomic E-state index is 14.2. The van der Waals surface area contributed by atoms with Crippen LogP contribution in [0.5, 0.6) is 0 Å². The van der Waals surface area contributed by atoms with E-state index in [0.29, 0.717) is 15.5 Å². The van der Waals surface area contributed by atoms with Crippen molar-refractivity contribution in [3.63, 3.8) is 0 Å². The van der Waals surface area contributed by atoms with E-state index in [9.17, 15) is 13.6 Å². The topological polar surface area (TPSA) is 34.9 Å². The molecule has 0 aliphatic carbocycles. The molecule has 3 rings (SSSR count). The molecule has 0 fully saturated rings. The van der Waals surface area contributed by atoms with Gasteiger partial charge >= 0.3 is 0 Å². The molecule has 3 nitrogen and oxygen atoms in total. The van der Waals surface area contributed by atoms with Crippen LogP contribution < -0.4 is 0 Å². The third-order valence-electron chi connectivity index (χ3n) is 3.54. The Labute approximate surface area is 133 Å². The zero-order valence-electron chi connectivity index (χ0n) is 11.8. The molecule has 0 aliphatic rings. The summed E-state index contributed by atoms with van der Waals surface area (Å²) in [6, 6.07) is 4.12. The van der Waals surface area contributed by atoms with E-state index in [1.807, 2.05) is 0 Å². The molecule has 0 N–H and O–H groups in total. The number of hydrogen-bond acceptors (Lipinski definition) is 2. The molecule has 2 heterocycles. The third-order valence-corrected chi connectivity index (χ3v) is 3.97. The van der Waals surface area contributed by atoms with Crippen LogP contribution in [0.2, 0.25) is 0 Å². The number of hydrogen-bond donors (Lipinski definition) is 0. The Morgan fingerprint density at radius 1 is 1.32 bits per heavy atom. The van der Waals surface area contributed by atoms with Gasteiger partial charge in [-0.05, 0) is 40.5 Å². The van der Waals surface area contributed by atoms with Crippen LogP contribution in [-0.2, 0) is 7.05 Å². The summed E-state index contributed by atoms with van der Waals surface area (Å²) >= 11 is 3.29. The summed E-state index contributed by atoms with van der Waals surface area (Å²) in [5.74, 6) is -2.39. The van der Waals surface area contributed by atoms with E-state index >= 15 is 0 Å². The van der Waals surface area contributed by atoms with Gasteiger partial charge in [0, 0.05) is 34.9 Å². The number of benzene rings is 1. The van der Waals surface area contributed by atoms with Crippen molar-refractivity contribution in [1.82, 2.24) is 9.55 Å². The molecule has 0 atom stereocenters. The van der Waals surface area contributed by atoms with Gasteiger partial charge in [-0.3, -0.25) is 4.79 Å². The first-order chi connectivity index (χ1) is 10.4. The van der Waals surface area contributed by atoms with Gasteiger partial charge in [-0.25, -0.2) is 13.8 Å². The van der Waals surface area contributed by atoms with Crippen molar-refractivity contribution in [2.75, 3.05) is 0 Å². The maximum Gasteiger partial charge on any atom is 0.201 e. The van der Waals surface area contributed by atoms with Crippen molar-refractivity contribution in [1.29, 1.82) is 0 Å². The van der Waals surface area contributed by atoms with Crippen LogP contribution in [-0.4, -0.2) is 15.3 Å². The Hall–Kier alpha value is -2.08. The fourth-order valence-corrected chi connectivity index (χ4v) is 2.75. The fraction of sp³-hybridized carbons (Fsp3) is 0.125. The van der Waals surface area contributed by atoms with E-state index in [1.54, 1.807) is 23.9 Å². The van der Waals surface area contributed by atoms with E-state index in [-0.39, 0.29) is 11.1 Å². The summed E-state index contributed by atoms with van der Waals surface area (Å²) < 4.78 is 30.5. The van der Waals surface area contributed by atoms with Crippen LogP contribution in [0, 0.1) is 18.6 Å². The first-order valence-electron chi connectivity index (χ1n) is 6.50. The van der Waals surface area contributed by atoms with Crippen LogP contribution in [0.3, 0.4) is 0 Å². The average Bonchev–Trinajstić information content (AvgIpc) is 2.80. The first-order valence-corrected chi connectivity index (χ1v) is 7.29. The molecule has 2 aromatic heterocycles. The van der Waals surface area contributed by atoms with Crippen molar-refractivity contribution in [2.24, 2.45) is 7.05 Å². The Morgan fingerprint density at radius 3 is 2.77 bits per heavy atom. The number of nitrogens with zero attached hydrogens (tertiary/aromatic N) is 2. The lowest BCUT2D eigenvalue weighted by Gasteiger charge is -2.06. The van der Waals surface area contributed by atoms with Gasteiger partial charge in [0.05, 0.1) is 5.56 Å². The van der Waals surface area contributed by atoms with E-state index in [2.05, 4.69) is 20.9 Å². The zero-order chi connectivity index (χ0) is 16.0. The molecule has 0 amide bonds. The molecular formula is C16H11BrF2N2O. The standard InChI is InChI=1S/C16H11BrF2N2O/c1-8-3-4-12(18)13(14(8)19)15(22)11-7-21(2)16-10(11)5-9(17)6-20-16/h3-7H,1-2H3. The van der Waals surface area contributed by atoms with Gasteiger partial charge in [0.1, 0.15) is 17.3 Å². The van der Waals surface area contributed by atoms with Gasteiger partial charge < -0.3 is 4.57 Å². The molecule has 22 heavy (non-hydrogen) atoms. The highest BCUT2D eigenvalue weighted by Gasteiger charge is 2.24. The van der Waals surface area contributed by atoms with E-state index < -0.39 is 23.0 Å². The van der Waals surface area contributed by atoms with E-state index in [0.717, 1.165) is 6.07 Å². The number of ketones is 1. The molecule has 1 aromatic carbocycles. The molecule has 0 radical (unpaired) electrons. The molecular weight excluding hydrogens is 354 g/mol. The number of halogens is 3. The smallest absolute Gasteiger partial charge is 0.201 e. The van der Waals surface area contributed by atoms with Crippen LogP contribution in [0.4, 0.5) is 8.78 Å². The third kappa shape index (κ3) is 2.23. The monoisotopic (exact) mass is 364 g/mol. The molecule has 0 saturated heterocycles. The molecule has 0 bridgehead atoms. The SMILES string of the molecule is Cc1ccc(F)c(C(=O)c2cn(C)c3ncc(Br)cc23)c1F. The number of aromatic nitrogens is 2. The van der Waals surface area contributed by atoms with Crippen LogP contribution in [0.1, 0.15) is 21.5 Å². The molecule has 0 aliphatic heterocycles. The largest absolute Gasteiger partial charge is 0.335 e. The summed E-state index contributed by atoms with van der Waals surface area (Å²) in [4.78, 5) is 16.9. The maximum atomic E-state index is 14.2. The fourth-order valence-electron chi connectivity index (χ4n) is 2.42. The number of fused-ring (bicyclic) bond motifs is 1. The minimum Gasteiger partial charge on any atom is -0.335 e. The summed E-state index contributed by atoms with van der Waals surface area (Å²) in [5.41, 5.74) is 0.478. The molecule has 112 valence electrons. The Morgan fingerprint density at radius 2 is 2.05 bits per heavy atom. The molecule has 0 spiro atoms. The van der Waals surface area contributed by atoms with Gasteiger partial charge in [-0.1, -0.05) is 6.07 Å². The highest BCUT2D eigenvalue weighted by Crippen LogP contribution is 2.27. The van der Waals surface area contributed by atoms with Crippen LogP contribution in [0.15, 0.2) is 35.1 Å². The Balaban J connectivity index is 2.27. The lowest BCUT2D eigenvalue weighted by Crippen LogP contribution is -2.08. The molecule has 3 aromatic rings. The minimum absolute atomic E-state index is 0.217. The minimum atomic E-state index is -0.868. The number of carbonyl (C=O) groups is 1. The highest BCUT2D eigenvalue weighted by atomic mass is 79.9. The second-order valence-corrected chi connectivity index (χ2v) is 5.98. The lowest BCUT2D eigenvalue weighted by molar-refractivity contribution is 0.103.